The van der Waals surface area contributed by atoms with Crippen molar-refractivity contribution in [3.8, 4) is 67.3 Å². The Bertz CT molecular complexity index is 2140. The monoisotopic (exact) mass is 576 g/mol. The first-order valence-corrected chi connectivity index (χ1v) is 15.5. The van der Waals surface area contributed by atoms with Crippen LogP contribution in [0.5, 0.6) is 0 Å². The van der Waals surface area contributed by atoms with E-state index in [1.165, 1.54) is 44.5 Å². The molecule has 1 aliphatic rings. The van der Waals surface area contributed by atoms with Gasteiger partial charge in [0.05, 0.1) is 11.4 Å². The SMILES string of the molecule is CC1(C)c2ccccc2-c2c(-c3ccc(-c4cc(-c5ccc(-c6ccccc6)cc5)nc(-c5ccccc5)n4)cc3)cccc21. The summed E-state index contributed by atoms with van der Waals surface area (Å²) in [6.07, 6.45) is 0. The van der Waals surface area contributed by atoms with E-state index in [-0.39, 0.29) is 5.41 Å². The molecule has 214 valence electrons. The average Bonchev–Trinajstić information content (AvgIpc) is 3.35. The second-order valence-corrected chi connectivity index (χ2v) is 12.2. The first-order valence-electron chi connectivity index (χ1n) is 15.5. The summed E-state index contributed by atoms with van der Waals surface area (Å²) in [5.74, 6) is 0.721. The Hall–Kier alpha value is -5.60. The highest BCUT2D eigenvalue weighted by Gasteiger charge is 2.36. The van der Waals surface area contributed by atoms with Crippen LogP contribution < -0.4 is 0 Å². The van der Waals surface area contributed by atoms with Crippen LogP contribution in [0, 0.1) is 0 Å². The summed E-state index contributed by atoms with van der Waals surface area (Å²) in [5.41, 5.74) is 15.2. The molecule has 0 unspecified atom stereocenters. The van der Waals surface area contributed by atoms with Gasteiger partial charge in [0.25, 0.3) is 0 Å². The predicted molar refractivity (Wildman–Crippen MR) is 187 cm³/mol. The highest BCUT2D eigenvalue weighted by molar-refractivity contribution is 5.92. The molecule has 0 amide bonds. The Kier molecular flexibility index (Phi) is 6.50. The molecular weight excluding hydrogens is 544 g/mol. The topological polar surface area (TPSA) is 25.8 Å². The van der Waals surface area contributed by atoms with Gasteiger partial charge in [-0.2, -0.15) is 0 Å². The molecule has 0 saturated heterocycles. The zero-order valence-electron chi connectivity index (χ0n) is 25.4. The lowest BCUT2D eigenvalue weighted by Gasteiger charge is -2.21. The number of hydrogen-bond acceptors (Lipinski definition) is 2. The third-order valence-electron chi connectivity index (χ3n) is 9.15. The van der Waals surface area contributed by atoms with Crippen LogP contribution in [0.25, 0.3) is 67.3 Å². The van der Waals surface area contributed by atoms with Gasteiger partial charge in [0.1, 0.15) is 0 Å². The van der Waals surface area contributed by atoms with E-state index in [9.17, 15) is 0 Å². The molecule has 1 aliphatic carbocycles. The fourth-order valence-electron chi connectivity index (χ4n) is 6.74. The molecule has 0 spiro atoms. The molecule has 0 atom stereocenters. The first kappa shape index (κ1) is 27.0. The third-order valence-corrected chi connectivity index (χ3v) is 9.15. The summed E-state index contributed by atoms with van der Waals surface area (Å²) in [7, 11) is 0. The molecule has 2 nitrogen and oxygen atoms in total. The van der Waals surface area contributed by atoms with Gasteiger partial charge in [-0.05, 0) is 50.6 Å². The average molecular weight is 577 g/mol. The van der Waals surface area contributed by atoms with Crippen molar-refractivity contribution in [1.29, 1.82) is 0 Å². The molecule has 45 heavy (non-hydrogen) atoms. The van der Waals surface area contributed by atoms with Gasteiger partial charge in [-0.25, -0.2) is 9.97 Å². The lowest BCUT2D eigenvalue weighted by Crippen LogP contribution is -2.14. The Labute approximate surface area is 264 Å². The van der Waals surface area contributed by atoms with E-state index < -0.39 is 0 Å². The van der Waals surface area contributed by atoms with Crippen LogP contribution in [0.2, 0.25) is 0 Å². The third kappa shape index (κ3) is 4.76. The van der Waals surface area contributed by atoms with Gasteiger partial charge in [-0.15, -0.1) is 0 Å². The van der Waals surface area contributed by atoms with Crippen LogP contribution in [0.1, 0.15) is 25.0 Å². The standard InChI is InChI=1S/C43H32N2/c1-43(2)37-18-10-9-16-36(37)41-35(17-11-19-38(41)43)31-22-26-33(27-23-31)40-28-39(44-42(45-40)34-14-7-4-8-15-34)32-24-20-30(21-25-32)29-12-5-3-6-13-29/h3-28H,1-2H3. The van der Waals surface area contributed by atoms with Gasteiger partial charge in [-0.1, -0.05) is 166 Å². The summed E-state index contributed by atoms with van der Waals surface area (Å²) < 4.78 is 0. The summed E-state index contributed by atoms with van der Waals surface area (Å²) in [6, 6.07) is 55.9. The minimum absolute atomic E-state index is 0.0215. The van der Waals surface area contributed by atoms with E-state index in [4.69, 9.17) is 9.97 Å². The Morgan fingerprint density at radius 2 is 0.844 bits per heavy atom. The van der Waals surface area contributed by atoms with Crippen molar-refractivity contribution in [3.05, 3.63) is 169 Å². The van der Waals surface area contributed by atoms with Gasteiger partial charge < -0.3 is 0 Å². The lowest BCUT2D eigenvalue weighted by atomic mass is 9.82. The zero-order valence-corrected chi connectivity index (χ0v) is 25.4. The zero-order chi connectivity index (χ0) is 30.4. The maximum absolute atomic E-state index is 5.06. The van der Waals surface area contributed by atoms with Crippen LogP contribution in [0.4, 0.5) is 0 Å². The lowest BCUT2D eigenvalue weighted by molar-refractivity contribution is 0.660. The summed E-state index contributed by atoms with van der Waals surface area (Å²) in [4.78, 5) is 10.1. The molecule has 0 fully saturated rings. The summed E-state index contributed by atoms with van der Waals surface area (Å²) >= 11 is 0. The Balaban J connectivity index is 1.20. The molecule has 0 N–H and O–H groups in total. The highest BCUT2D eigenvalue weighted by atomic mass is 14.9. The number of rotatable bonds is 5. The van der Waals surface area contributed by atoms with E-state index >= 15 is 0 Å². The molecule has 1 heterocycles. The fourth-order valence-corrected chi connectivity index (χ4v) is 6.74. The molecule has 8 rings (SSSR count). The van der Waals surface area contributed by atoms with E-state index in [2.05, 4.69) is 147 Å². The number of benzene rings is 6. The van der Waals surface area contributed by atoms with Crippen molar-refractivity contribution >= 4 is 0 Å². The van der Waals surface area contributed by atoms with Crippen LogP contribution >= 0.6 is 0 Å². The van der Waals surface area contributed by atoms with Crippen molar-refractivity contribution in [2.75, 3.05) is 0 Å². The van der Waals surface area contributed by atoms with Crippen LogP contribution in [0.3, 0.4) is 0 Å². The second kappa shape index (κ2) is 10.8. The fraction of sp³-hybridized carbons (Fsp3) is 0.0698. The summed E-state index contributed by atoms with van der Waals surface area (Å²) in [5, 5.41) is 0. The van der Waals surface area contributed by atoms with Gasteiger partial charge in [-0.3, -0.25) is 0 Å². The number of nitrogens with zero attached hydrogens (tertiary/aromatic N) is 2. The molecule has 0 saturated carbocycles. The highest BCUT2D eigenvalue weighted by Crippen LogP contribution is 2.52. The minimum atomic E-state index is -0.0215. The molecule has 0 bridgehead atoms. The van der Waals surface area contributed by atoms with E-state index in [0.29, 0.717) is 0 Å². The molecular formula is C43H32N2. The van der Waals surface area contributed by atoms with Crippen molar-refractivity contribution in [2.45, 2.75) is 19.3 Å². The van der Waals surface area contributed by atoms with Crippen LogP contribution in [-0.2, 0) is 5.41 Å². The van der Waals surface area contributed by atoms with Crippen LogP contribution in [0.15, 0.2) is 158 Å². The number of hydrogen-bond donors (Lipinski definition) is 0. The molecule has 1 aromatic heterocycles. The normalized spacial score (nSPS) is 12.8. The maximum atomic E-state index is 5.06. The van der Waals surface area contributed by atoms with Crippen molar-refractivity contribution in [1.82, 2.24) is 9.97 Å². The summed E-state index contributed by atoms with van der Waals surface area (Å²) in [6.45, 7) is 4.66. The van der Waals surface area contributed by atoms with Gasteiger partial charge in [0.2, 0.25) is 0 Å². The Morgan fingerprint density at radius 1 is 0.378 bits per heavy atom. The smallest absolute Gasteiger partial charge is 0.160 e. The first-order chi connectivity index (χ1) is 22.1. The Morgan fingerprint density at radius 3 is 1.49 bits per heavy atom. The van der Waals surface area contributed by atoms with Gasteiger partial charge >= 0.3 is 0 Å². The van der Waals surface area contributed by atoms with Gasteiger partial charge in [0, 0.05) is 22.1 Å². The van der Waals surface area contributed by atoms with Crippen molar-refractivity contribution < 1.29 is 0 Å². The van der Waals surface area contributed by atoms with E-state index in [1.54, 1.807) is 0 Å². The molecule has 0 radical (unpaired) electrons. The van der Waals surface area contributed by atoms with Crippen molar-refractivity contribution in [2.24, 2.45) is 0 Å². The number of aromatic nitrogens is 2. The molecule has 6 aromatic carbocycles. The minimum Gasteiger partial charge on any atom is -0.228 e. The second-order valence-electron chi connectivity index (χ2n) is 12.2. The quantitative estimate of drug-likeness (QED) is 0.204. The number of fused-ring (bicyclic) bond motifs is 3. The van der Waals surface area contributed by atoms with Crippen molar-refractivity contribution in [3.63, 3.8) is 0 Å². The maximum Gasteiger partial charge on any atom is 0.160 e. The predicted octanol–water partition coefficient (Wildman–Crippen LogP) is 11.1. The molecule has 2 heteroatoms. The van der Waals surface area contributed by atoms with E-state index in [0.717, 1.165) is 33.9 Å². The van der Waals surface area contributed by atoms with Gasteiger partial charge in [0.15, 0.2) is 5.82 Å². The molecule has 7 aromatic rings. The molecule has 0 aliphatic heterocycles. The van der Waals surface area contributed by atoms with E-state index in [1.807, 2.05) is 24.3 Å². The van der Waals surface area contributed by atoms with Crippen LogP contribution in [-0.4, -0.2) is 9.97 Å². The largest absolute Gasteiger partial charge is 0.228 e.